The molecule has 0 amide bonds. The maximum absolute atomic E-state index is 5.62. The number of hydrogen-bond donors (Lipinski definition) is 1. The lowest BCUT2D eigenvalue weighted by molar-refractivity contribution is -0.0235. The Labute approximate surface area is 61.9 Å². The smallest absolute Gasteiger partial charge is 0.0728 e. The van der Waals surface area contributed by atoms with Crippen LogP contribution in [0, 0.1) is 0 Å². The summed E-state index contributed by atoms with van der Waals surface area (Å²) in [4.78, 5) is 0. The molecule has 0 aromatic carbocycles. The second kappa shape index (κ2) is 2.89. The fourth-order valence-corrected chi connectivity index (χ4v) is 1.98. The Morgan fingerprint density at radius 1 is 1.20 bits per heavy atom. The summed E-state index contributed by atoms with van der Waals surface area (Å²) < 4.78 is 5.62. The molecule has 0 unspecified atom stereocenters. The molecule has 0 radical (unpaired) electrons. The SMILES string of the molecule is C1CC[C@@H]2OCCN[C@H]2C1. The molecule has 1 saturated heterocycles. The summed E-state index contributed by atoms with van der Waals surface area (Å²) in [6.45, 7) is 1.97. The van der Waals surface area contributed by atoms with E-state index < -0.39 is 0 Å². The quantitative estimate of drug-likeness (QED) is 0.541. The molecule has 2 atom stereocenters. The van der Waals surface area contributed by atoms with E-state index >= 15 is 0 Å². The first kappa shape index (κ1) is 6.62. The predicted molar refractivity (Wildman–Crippen MR) is 40.0 cm³/mol. The standard InChI is InChI=1S/C8H15NO/c1-2-4-8-7(3-1)9-5-6-10-8/h7-9H,1-6H2/t7-,8-/m0/s1. The van der Waals surface area contributed by atoms with Crippen LogP contribution < -0.4 is 5.32 Å². The topological polar surface area (TPSA) is 21.3 Å². The fraction of sp³-hybridized carbons (Fsp3) is 1.00. The Bertz CT molecular complexity index is 89.8. The minimum Gasteiger partial charge on any atom is -0.375 e. The van der Waals surface area contributed by atoms with Crippen LogP contribution in [0.25, 0.3) is 0 Å². The number of morpholine rings is 1. The van der Waals surface area contributed by atoms with E-state index in [1.165, 1.54) is 25.7 Å². The molecule has 2 nitrogen and oxygen atoms in total. The highest BCUT2D eigenvalue weighted by atomic mass is 16.5. The average molecular weight is 141 g/mol. The maximum Gasteiger partial charge on any atom is 0.0728 e. The van der Waals surface area contributed by atoms with Gasteiger partial charge in [-0.3, -0.25) is 0 Å². The highest BCUT2D eigenvalue weighted by Gasteiger charge is 2.27. The first-order valence-electron chi connectivity index (χ1n) is 4.32. The lowest BCUT2D eigenvalue weighted by Crippen LogP contribution is -2.49. The zero-order valence-corrected chi connectivity index (χ0v) is 6.31. The summed E-state index contributed by atoms with van der Waals surface area (Å²) in [7, 11) is 0. The van der Waals surface area contributed by atoms with Gasteiger partial charge in [-0.25, -0.2) is 0 Å². The van der Waals surface area contributed by atoms with E-state index in [1.807, 2.05) is 0 Å². The van der Waals surface area contributed by atoms with E-state index in [9.17, 15) is 0 Å². The molecular weight excluding hydrogens is 126 g/mol. The van der Waals surface area contributed by atoms with Gasteiger partial charge in [-0.15, -0.1) is 0 Å². The van der Waals surface area contributed by atoms with Crippen molar-refractivity contribution in [3.05, 3.63) is 0 Å². The zero-order valence-electron chi connectivity index (χ0n) is 6.31. The largest absolute Gasteiger partial charge is 0.375 e. The molecule has 1 aliphatic carbocycles. The van der Waals surface area contributed by atoms with Gasteiger partial charge in [0.2, 0.25) is 0 Å². The summed E-state index contributed by atoms with van der Waals surface area (Å²) in [6, 6.07) is 0.683. The molecule has 2 heteroatoms. The third kappa shape index (κ3) is 1.18. The molecule has 2 aliphatic rings. The highest BCUT2D eigenvalue weighted by molar-refractivity contribution is 4.84. The van der Waals surface area contributed by atoms with Crippen molar-refractivity contribution < 1.29 is 4.74 Å². The first-order chi connectivity index (χ1) is 4.97. The van der Waals surface area contributed by atoms with Crippen LogP contribution in [0.3, 0.4) is 0 Å². The van der Waals surface area contributed by atoms with Gasteiger partial charge in [-0.1, -0.05) is 12.8 Å². The van der Waals surface area contributed by atoms with Gasteiger partial charge in [0.15, 0.2) is 0 Å². The van der Waals surface area contributed by atoms with E-state index in [-0.39, 0.29) is 0 Å². The molecular formula is C8H15NO. The van der Waals surface area contributed by atoms with Crippen molar-refractivity contribution in [1.29, 1.82) is 0 Å². The van der Waals surface area contributed by atoms with Crippen molar-refractivity contribution in [2.75, 3.05) is 13.2 Å². The van der Waals surface area contributed by atoms with E-state index in [4.69, 9.17) is 4.74 Å². The van der Waals surface area contributed by atoms with Gasteiger partial charge in [0, 0.05) is 12.6 Å². The molecule has 2 rings (SSSR count). The molecule has 1 aliphatic heterocycles. The summed E-state index contributed by atoms with van der Waals surface area (Å²) >= 11 is 0. The van der Waals surface area contributed by atoms with Gasteiger partial charge >= 0.3 is 0 Å². The fourth-order valence-electron chi connectivity index (χ4n) is 1.98. The van der Waals surface area contributed by atoms with Gasteiger partial charge < -0.3 is 10.1 Å². The molecule has 0 bridgehead atoms. The van der Waals surface area contributed by atoms with Gasteiger partial charge in [0.05, 0.1) is 12.7 Å². The van der Waals surface area contributed by atoms with Crippen molar-refractivity contribution in [2.45, 2.75) is 37.8 Å². The third-order valence-electron chi connectivity index (χ3n) is 2.54. The van der Waals surface area contributed by atoms with E-state index in [0.717, 1.165) is 13.2 Å². The Morgan fingerprint density at radius 3 is 3.00 bits per heavy atom. The van der Waals surface area contributed by atoms with Gasteiger partial charge in [0.25, 0.3) is 0 Å². The lowest BCUT2D eigenvalue weighted by atomic mass is 9.92. The summed E-state index contributed by atoms with van der Waals surface area (Å²) in [6.07, 6.45) is 5.89. The Morgan fingerprint density at radius 2 is 2.10 bits per heavy atom. The highest BCUT2D eigenvalue weighted by Crippen LogP contribution is 2.22. The molecule has 0 aromatic heterocycles. The summed E-state index contributed by atoms with van der Waals surface area (Å²) in [5.41, 5.74) is 0. The molecule has 58 valence electrons. The van der Waals surface area contributed by atoms with Crippen molar-refractivity contribution in [2.24, 2.45) is 0 Å². The Kier molecular flexibility index (Phi) is 1.91. The van der Waals surface area contributed by atoms with E-state index in [0.29, 0.717) is 12.1 Å². The number of fused-ring (bicyclic) bond motifs is 1. The molecule has 2 fully saturated rings. The second-order valence-electron chi connectivity index (χ2n) is 3.25. The van der Waals surface area contributed by atoms with Crippen LogP contribution in [0.1, 0.15) is 25.7 Å². The molecule has 1 heterocycles. The van der Waals surface area contributed by atoms with E-state index in [2.05, 4.69) is 5.32 Å². The minimum absolute atomic E-state index is 0.544. The van der Waals surface area contributed by atoms with Crippen LogP contribution >= 0.6 is 0 Å². The lowest BCUT2D eigenvalue weighted by Gasteiger charge is -2.36. The van der Waals surface area contributed by atoms with Crippen LogP contribution in [-0.2, 0) is 4.74 Å². The summed E-state index contributed by atoms with van der Waals surface area (Å²) in [5, 5.41) is 3.50. The van der Waals surface area contributed by atoms with Gasteiger partial charge in [0.1, 0.15) is 0 Å². The average Bonchev–Trinajstić information content (AvgIpc) is 2.05. The third-order valence-corrected chi connectivity index (χ3v) is 2.54. The van der Waals surface area contributed by atoms with Crippen molar-refractivity contribution >= 4 is 0 Å². The van der Waals surface area contributed by atoms with E-state index in [1.54, 1.807) is 0 Å². The molecule has 1 N–H and O–H groups in total. The normalized spacial score (nSPS) is 40.8. The minimum atomic E-state index is 0.544. The molecule has 0 aromatic rings. The molecule has 10 heavy (non-hydrogen) atoms. The van der Waals surface area contributed by atoms with Gasteiger partial charge in [-0.05, 0) is 12.8 Å². The van der Waals surface area contributed by atoms with Crippen molar-refractivity contribution in [1.82, 2.24) is 5.32 Å². The Hall–Kier alpha value is -0.0800. The van der Waals surface area contributed by atoms with Crippen LogP contribution in [0.4, 0.5) is 0 Å². The summed E-state index contributed by atoms with van der Waals surface area (Å²) in [5.74, 6) is 0. The van der Waals surface area contributed by atoms with Crippen molar-refractivity contribution in [3.63, 3.8) is 0 Å². The monoisotopic (exact) mass is 141 g/mol. The first-order valence-corrected chi connectivity index (χ1v) is 4.32. The number of nitrogens with one attached hydrogen (secondary N) is 1. The number of ether oxygens (including phenoxy) is 1. The second-order valence-corrected chi connectivity index (χ2v) is 3.25. The van der Waals surface area contributed by atoms with Crippen LogP contribution in [-0.4, -0.2) is 25.3 Å². The van der Waals surface area contributed by atoms with Crippen molar-refractivity contribution in [3.8, 4) is 0 Å². The Balaban J connectivity index is 1.93. The van der Waals surface area contributed by atoms with Gasteiger partial charge in [-0.2, -0.15) is 0 Å². The molecule has 1 saturated carbocycles. The zero-order chi connectivity index (χ0) is 6.81. The number of rotatable bonds is 0. The molecule has 0 spiro atoms. The number of hydrogen-bond acceptors (Lipinski definition) is 2. The van der Waals surface area contributed by atoms with Crippen LogP contribution in [0.2, 0.25) is 0 Å². The predicted octanol–water partition coefficient (Wildman–Crippen LogP) is 0.917. The van der Waals surface area contributed by atoms with Crippen LogP contribution in [0.15, 0.2) is 0 Å². The maximum atomic E-state index is 5.62. The van der Waals surface area contributed by atoms with Crippen LogP contribution in [0.5, 0.6) is 0 Å².